The van der Waals surface area contributed by atoms with Gasteiger partial charge in [-0.1, -0.05) is 23.7 Å². The molecule has 1 amide bonds. The van der Waals surface area contributed by atoms with Crippen molar-refractivity contribution in [2.24, 2.45) is 5.73 Å². The largest absolute Gasteiger partial charge is 0.368 e. The third-order valence-corrected chi connectivity index (χ3v) is 5.70. The van der Waals surface area contributed by atoms with Crippen LogP contribution in [0.4, 0.5) is 0 Å². The van der Waals surface area contributed by atoms with E-state index in [1.807, 2.05) is 49.1 Å². The molecule has 1 aliphatic heterocycles. The summed E-state index contributed by atoms with van der Waals surface area (Å²) in [4.78, 5) is 26.3. The number of halogens is 1. The second kappa shape index (κ2) is 8.28. The van der Waals surface area contributed by atoms with E-state index in [1.165, 1.54) is 5.56 Å². The number of aromatic nitrogens is 1. The van der Waals surface area contributed by atoms with Gasteiger partial charge in [0, 0.05) is 28.5 Å². The van der Waals surface area contributed by atoms with Gasteiger partial charge >= 0.3 is 0 Å². The number of carbonyl (C=O) groups excluding carboxylic acids is 2. The lowest BCUT2D eigenvalue weighted by Gasteiger charge is -2.20. The third kappa shape index (κ3) is 4.42. The first kappa shape index (κ1) is 19.6. The van der Waals surface area contributed by atoms with E-state index >= 15 is 0 Å². The molecule has 1 unspecified atom stereocenters. The molecule has 1 atom stereocenters. The van der Waals surface area contributed by atoms with Crippen LogP contribution in [0.5, 0.6) is 0 Å². The van der Waals surface area contributed by atoms with Crippen molar-refractivity contribution in [2.45, 2.75) is 45.7 Å². The monoisotopic (exact) mass is 387 g/mol. The molecule has 2 N–H and O–H groups in total. The Kier molecular flexibility index (Phi) is 6.02. The highest BCUT2D eigenvalue weighted by molar-refractivity contribution is 6.30. The molecule has 6 heteroatoms. The Hall–Kier alpha value is -2.11. The van der Waals surface area contributed by atoms with Gasteiger partial charge in [-0.15, -0.1) is 0 Å². The molecule has 5 nitrogen and oxygen atoms in total. The maximum Gasteiger partial charge on any atom is 0.234 e. The predicted octanol–water partition coefficient (Wildman–Crippen LogP) is 3.13. The van der Waals surface area contributed by atoms with Crippen LogP contribution < -0.4 is 5.73 Å². The minimum Gasteiger partial charge on any atom is -0.368 e. The number of nitrogens with zero attached hydrogens (tertiary/aromatic N) is 2. The van der Waals surface area contributed by atoms with Crippen molar-refractivity contribution < 1.29 is 9.59 Å². The first-order valence-corrected chi connectivity index (χ1v) is 9.72. The lowest BCUT2D eigenvalue weighted by atomic mass is 10.1. The molecule has 0 spiro atoms. The minimum absolute atomic E-state index is 0.0500. The van der Waals surface area contributed by atoms with Crippen LogP contribution in [-0.2, 0) is 17.8 Å². The molecule has 1 aromatic heterocycles. The summed E-state index contributed by atoms with van der Waals surface area (Å²) in [5, 5.41) is 0.733. The fourth-order valence-electron chi connectivity index (χ4n) is 3.93. The molecule has 0 aliphatic carbocycles. The average molecular weight is 388 g/mol. The molecule has 27 heavy (non-hydrogen) atoms. The number of nitrogens with two attached hydrogens (primary N) is 1. The van der Waals surface area contributed by atoms with Gasteiger partial charge in [0.15, 0.2) is 5.78 Å². The van der Waals surface area contributed by atoms with Crippen LogP contribution in [0.1, 0.15) is 40.2 Å². The maximum atomic E-state index is 12.8. The van der Waals surface area contributed by atoms with Crippen LogP contribution in [-0.4, -0.2) is 40.3 Å². The first-order chi connectivity index (χ1) is 12.9. The lowest BCUT2D eigenvalue weighted by Crippen LogP contribution is -2.42. The summed E-state index contributed by atoms with van der Waals surface area (Å²) >= 11 is 5.94. The van der Waals surface area contributed by atoms with Gasteiger partial charge in [-0.05, 0) is 63.4 Å². The number of amides is 1. The Morgan fingerprint density at radius 3 is 2.59 bits per heavy atom. The molecule has 144 valence electrons. The number of likely N-dealkylation sites (tertiary alicyclic amines) is 1. The van der Waals surface area contributed by atoms with E-state index in [0.29, 0.717) is 0 Å². The van der Waals surface area contributed by atoms with Crippen LogP contribution in [0.2, 0.25) is 5.02 Å². The van der Waals surface area contributed by atoms with Crippen molar-refractivity contribution in [1.29, 1.82) is 0 Å². The Morgan fingerprint density at radius 2 is 1.93 bits per heavy atom. The molecule has 1 aliphatic rings. The van der Waals surface area contributed by atoms with Crippen molar-refractivity contribution in [1.82, 2.24) is 9.47 Å². The van der Waals surface area contributed by atoms with Crippen molar-refractivity contribution in [3.05, 3.63) is 57.9 Å². The Balaban J connectivity index is 1.70. The van der Waals surface area contributed by atoms with Gasteiger partial charge in [0.1, 0.15) is 0 Å². The number of carbonyl (C=O) groups is 2. The van der Waals surface area contributed by atoms with Crippen LogP contribution in [0.25, 0.3) is 0 Å². The SMILES string of the molecule is Cc1cc(C(=O)CN2CCCC2C(N)=O)c(C)n1CCc1ccc(Cl)cc1. The topological polar surface area (TPSA) is 68.3 Å². The van der Waals surface area contributed by atoms with E-state index in [4.69, 9.17) is 17.3 Å². The Morgan fingerprint density at radius 1 is 1.22 bits per heavy atom. The smallest absolute Gasteiger partial charge is 0.234 e. The lowest BCUT2D eigenvalue weighted by molar-refractivity contribution is -0.122. The Labute approximate surface area is 165 Å². The molecule has 2 aromatic rings. The minimum atomic E-state index is -0.339. The molecule has 3 rings (SSSR count). The van der Waals surface area contributed by atoms with Gasteiger partial charge in [0.2, 0.25) is 5.91 Å². The number of hydrogen-bond acceptors (Lipinski definition) is 3. The molecule has 0 bridgehead atoms. The van der Waals surface area contributed by atoms with Crippen LogP contribution >= 0.6 is 11.6 Å². The molecular weight excluding hydrogens is 362 g/mol. The second-order valence-electron chi connectivity index (χ2n) is 7.27. The number of Topliss-reactive ketones (excluding diaryl/α,β-unsaturated/α-hetero) is 1. The fraction of sp³-hybridized carbons (Fsp3) is 0.429. The van der Waals surface area contributed by atoms with E-state index in [9.17, 15) is 9.59 Å². The zero-order chi connectivity index (χ0) is 19.6. The van der Waals surface area contributed by atoms with E-state index in [2.05, 4.69) is 4.57 Å². The quantitative estimate of drug-likeness (QED) is 0.742. The van der Waals surface area contributed by atoms with Gasteiger partial charge in [0.05, 0.1) is 12.6 Å². The summed E-state index contributed by atoms with van der Waals surface area (Å²) in [6.45, 7) is 5.80. The summed E-state index contributed by atoms with van der Waals surface area (Å²) < 4.78 is 2.18. The van der Waals surface area contributed by atoms with E-state index < -0.39 is 0 Å². The van der Waals surface area contributed by atoms with Crippen LogP contribution in [0.3, 0.4) is 0 Å². The number of benzene rings is 1. The number of primary amides is 1. The summed E-state index contributed by atoms with van der Waals surface area (Å²) in [7, 11) is 0. The number of rotatable bonds is 7. The van der Waals surface area contributed by atoms with Gasteiger partial charge in [-0.2, -0.15) is 0 Å². The molecule has 2 heterocycles. The molecule has 0 radical (unpaired) electrons. The first-order valence-electron chi connectivity index (χ1n) is 9.34. The normalized spacial score (nSPS) is 17.4. The van der Waals surface area contributed by atoms with Crippen molar-refractivity contribution >= 4 is 23.3 Å². The number of hydrogen-bond donors (Lipinski definition) is 1. The molecule has 0 saturated carbocycles. The van der Waals surface area contributed by atoms with E-state index in [0.717, 1.165) is 54.3 Å². The zero-order valence-corrected chi connectivity index (χ0v) is 16.6. The molecule has 1 saturated heterocycles. The van der Waals surface area contributed by atoms with Crippen molar-refractivity contribution in [3.8, 4) is 0 Å². The Bertz CT molecular complexity index is 842. The zero-order valence-electron chi connectivity index (χ0n) is 15.9. The van der Waals surface area contributed by atoms with Gasteiger partial charge < -0.3 is 10.3 Å². The highest BCUT2D eigenvalue weighted by Crippen LogP contribution is 2.21. The summed E-state index contributed by atoms with van der Waals surface area (Å²) in [6.07, 6.45) is 2.51. The maximum absolute atomic E-state index is 12.8. The standard InChI is InChI=1S/C21H26ClN3O2/c1-14-12-18(20(26)13-24-10-3-4-19(24)21(23)27)15(2)25(14)11-9-16-5-7-17(22)8-6-16/h5-8,12,19H,3-4,9-11,13H2,1-2H3,(H2,23,27). The highest BCUT2D eigenvalue weighted by Gasteiger charge is 2.31. The van der Waals surface area contributed by atoms with E-state index in [1.54, 1.807) is 0 Å². The third-order valence-electron chi connectivity index (χ3n) is 5.45. The molecule has 1 aromatic carbocycles. The van der Waals surface area contributed by atoms with Crippen LogP contribution in [0, 0.1) is 13.8 Å². The molecule has 1 fully saturated rings. The molecular formula is C21H26ClN3O2. The summed E-state index contributed by atoms with van der Waals surface area (Å²) in [5.74, 6) is -0.289. The predicted molar refractivity (Wildman–Crippen MR) is 107 cm³/mol. The van der Waals surface area contributed by atoms with Crippen molar-refractivity contribution in [3.63, 3.8) is 0 Å². The summed E-state index contributed by atoms with van der Waals surface area (Å²) in [6, 6.07) is 9.48. The number of ketones is 1. The number of aryl methyl sites for hydroxylation is 2. The summed E-state index contributed by atoms with van der Waals surface area (Å²) in [5.41, 5.74) is 9.45. The highest BCUT2D eigenvalue weighted by atomic mass is 35.5. The second-order valence-corrected chi connectivity index (χ2v) is 7.70. The fourth-order valence-corrected chi connectivity index (χ4v) is 4.05. The van der Waals surface area contributed by atoms with Gasteiger partial charge in [-0.3, -0.25) is 14.5 Å². The average Bonchev–Trinajstić information content (AvgIpc) is 3.19. The van der Waals surface area contributed by atoms with E-state index in [-0.39, 0.29) is 24.3 Å². The van der Waals surface area contributed by atoms with Gasteiger partial charge in [-0.25, -0.2) is 0 Å². The van der Waals surface area contributed by atoms with Crippen LogP contribution in [0.15, 0.2) is 30.3 Å². The van der Waals surface area contributed by atoms with Crippen molar-refractivity contribution in [2.75, 3.05) is 13.1 Å². The van der Waals surface area contributed by atoms with Gasteiger partial charge in [0.25, 0.3) is 0 Å².